The van der Waals surface area contributed by atoms with Gasteiger partial charge in [-0.3, -0.25) is 0 Å². The number of hydrogen-bond acceptors (Lipinski definition) is 4. The molecule has 0 saturated heterocycles. The van der Waals surface area contributed by atoms with E-state index in [2.05, 4.69) is 25.5 Å². The van der Waals surface area contributed by atoms with Gasteiger partial charge < -0.3 is 9.52 Å². The molecule has 2 aliphatic rings. The number of aliphatic hydroxyl groups excluding tert-OH is 1. The summed E-state index contributed by atoms with van der Waals surface area (Å²) < 4.78 is 33.1. The number of furan rings is 1. The highest BCUT2D eigenvalue weighted by Gasteiger charge is 2.60. The van der Waals surface area contributed by atoms with Crippen molar-refractivity contribution in [3.05, 3.63) is 17.9 Å². The van der Waals surface area contributed by atoms with E-state index < -0.39 is 10.0 Å². The number of sulfonamides is 1. The summed E-state index contributed by atoms with van der Waals surface area (Å²) in [6.45, 7) is 6.17. The molecule has 1 aromatic heterocycles. The zero-order valence-electron chi connectivity index (χ0n) is 12.7. The molecule has 0 spiro atoms. The van der Waals surface area contributed by atoms with Crippen LogP contribution in [0.4, 0.5) is 0 Å². The lowest BCUT2D eigenvalue weighted by molar-refractivity contribution is 0.127. The van der Waals surface area contributed by atoms with Crippen LogP contribution in [0.2, 0.25) is 0 Å². The van der Waals surface area contributed by atoms with Crippen molar-refractivity contribution in [1.82, 2.24) is 4.72 Å². The lowest BCUT2D eigenvalue weighted by atomic mass is 9.69. The number of aliphatic hydroxyl groups is 1. The first-order valence-corrected chi connectivity index (χ1v) is 8.89. The third-order valence-electron chi connectivity index (χ3n) is 5.60. The molecule has 2 N–H and O–H groups in total. The van der Waals surface area contributed by atoms with Crippen molar-refractivity contribution in [2.75, 3.05) is 0 Å². The van der Waals surface area contributed by atoms with E-state index in [4.69, 9.17) is 9.52 Å². The zero-order chi connectivity index (χ0) is 15.5. The van der Waals surface area contributed by atoms with Crippen molar-refractivity contribution in [2.24, 2.45) is 16.7 Å². The van der Waals surface area contributed by atoms with Crippen LogP contribution < -0.4 is 4.72 Å². The van der Waals surface area contributed by atoms with Gasteiger partial charge >= 0.3 is 0 Å². The van der Waals surface area contributed by atoms with Crippen LogP contribution in [0.25, 0.3) is 0 Å². The lowest BCUT2D eigenvalue weighted by Crippen LogP contribution is -2.52. The van der Waals surface area contributed by atoms with Crippen LogP contribution >= 0.6 is 0 Å². The molecule has 0 amide bonds. The van der Waals surface area contributed by atoms with Gasteiger partial charge in [-0.25, -0.2) is 13.1 Å². The zero-order valence-corrected chi connectivity index (χ0v) is 13.5. The molecule has 3 rings (SSSR count). The fourth-order valence-electron chi connectivity index (χ4n) is 4.40. The molecular weight excluding hydrogens is 290 g/mol. The number of hydrogen-bond donors (Lipinski definition) is 2. The molecule has 0 aromatic carbocycles. The van der Waals surface area contributed by atoms with Gasteiger partial charge in [0.25, 0.3) is 10.0 Å². The van der Waals surface area contributed by atoms with Gasteiger partial charge in [0.1, 0.15) is 12.4 Å². The van der Waals surface area contributed by atoms with E-state index in [1.807, 2.05) is 0 Å². The van der Waals surface area contributed by atoms with Gasteiger partial charge in [-0.1, -0.05) is 20.8 Å². The summed E-state index contributed by atoms with van der Waals surface area (Å²) in [5, 5.41) is 8.89. The van der Waals surface area contributed by atoms with Gasteiger partial charge in [-0.05, 0) is 48.1 Å². The van der Waals surface area contributed by atoms with Gasteiger partial charge in [-0.15, -0.1) is 0 Å². The highest BCUT2D eigenvalue weighted by Crippen LogP contribution is 2.62. The van der Waals surface area contributed by atoms with E-state index >= 15 is 0 Å². The Morgan fingerprint density at radius 2 is 2.10 bits per heavy atom. The van der Waals surface area contributed by atoms with E-state index in [1.165, 1.54) is 18.6 Å². The summed E-state index contributed by atoms with van der Waals surface area (Å²) in [5.41, 5.74) is -0.0277. The lowest BCUT2D eigenvalue weighted by Gasteiger charge is -2.42. The minimum absolute atomic E-state index is 0.0215. The Kier molecular flexibility index (Phi) is 3.28. The molecule has 2 aliphatic carbocycles. The largest absolute Gasteiger partial charge is 0.446 e. The maximum atomic E-state index is 12.5. The molecule has 2 bridgehead atoms. The molecule has 3 atom stereocenters. The summed E-state index contributed by atoms with van der Waals surface area (Å²) in [7, 11) is -3.69. The quantitative estimate of drug-likeness (QED) is 0.893. The van der Waals surface area contributed by atoms with Crippen LogP contribution in [-0.4, -0.2) is 19.6 Å². The molecule has 3 unspecified atom stereocenters. The van der Waals surface area contributed by atoms with Crippen LogP contribution in [0.1, 0.15) is 45.8 Å². The maximum absolute atomic E-state index is 12.5. The first kappa shape index (κ1) is 15.1. The second-order valence-corrected chi connectivity index (χ2v) is 8.99. The Bertz CT molecular complexity index is 644. The molecule has 5 nitrogen and oxygen atoms in total. The van der Waals surface area contributed by atoms with E-state index in [0.29, 0.717) is 5.92 Å². The minimum Gasteiger partial charge on any atom is -0.446 e. The minimum atomic E-state index is -3.69. The van der Waals surface area contributed by atoms with Crippen molar-refractivity contribution in [2.45, 2.75) is 57.8 Å². The number of fused-ring (bicyclic) bond motifs is 2. The van der Waals surface area contributed by atoms with Gasteiger partial charge in [-0.2, -0.15) is 0 Å². The monoisotopic (exact) mass is 313 g/mol. The fourth-order valence-corrected chi connectivity index (χ4v) is 5.88. The SMILES string of the molecule is CC12CCC(C1)C(C)(C)C2NS(=O)(=O)c1ccc(CO)o1. The second kappa shape index (κ2) is 4.57. The topological polar surface area (TPSA) is 79.5 Å². The van der Waals surface area contributed by atoms with Crippen molar-refractivity contribution < 1.29 is 17.9 Å². The van der Waals surface area contributed by atoms with Crippen molar-refractivity contribution in [1.29, 1.82) is 0 Å². The molecule has 118 valence electrons. The fraction of sp³-hybridized carbons (Fsp3) is 0.733. The average Bonchev–Trinajstić information content (AvgIpc) is 3.06. The van der Waals surface area contributed by atoms with Gasteiger partial charge in [0.05, 0.1) is 0 Å². The number of nitrogens with one attached hydrogen (secondary N) is 1. The molecule has 0 aliphatic heterocycles. The average molecular weight is 313 g/mol. The normalized spacial score (nSPS) is 34.5. The Labute approximate surface area is 125 Å². The van der Waals surface area contributed by atoms with E-state index in [-0.39, 0.29) is 34.3 Å². The van der Waals surface area contributed by atoms with Crippen LogP contribution in [-0.2, 0) is 16.6 Å². The van der Waals surface area contributed by atoms with Crippen molar-refractivity contribution in [3.8, 4) is 0 Å². The standard InChI is InChI=1S/C15H23NO4S/c1-14(2)10-6-7-15(3,8-10)13(14)16-21(18,19)12-5-4-11(9-17)20-12/h4-5,10,13,16-17H,6-9H2,1-3H3. The van der Waals surface area contributed by atoms with E-state index in [9.17, 15) is 8.42 Å². The Morgan fingerprint density at radius 1 is 1.38 bits per heavy atom. The smallest absolute Gasteiger partial charge is 0.274 e. The first-order chi connectivity index (χ1) is 9.69. The highest BCUT2D eigenvalue weighted by molar-refractivity contribution is 7.89. The third-order valence-corrected chi connectivity index (χ3v) is 6.90. The predicted octanol–water partition coefficient (Wildman–Crippen LogP) is 2.27. The van der Waals surface area contributed by atoms with Crippen LogP contribution in [0.3, 0.4) is 0 Å². The van der Waals surface area contributed by atoms with Crippen LogP contribution in [0.15, 0.2) is 21.6 Å². The van der Waals surface area contributed by atoms with Gasteiger partial charge in [0.2, 0.25) is 5.09 Å². The summed E-state index contributed by atoms with van der Waals surface area (Å²) in [6.07, 6.45) is 3.32. The molecule has 6 heteroatoms. The molecule has 21 heavy (non-hydrogen) atoms. The first-order valence-electron chi connectivity index (χ1n) is 7.41. The van der Waals surface area contributed by atoms with E-state index in [1.54, 1.807) is 0 Å². The maximum Gasteiger partial charge on any atom is 0.274 e. The molecule has 2 fully saturated rings. The summed E-state index contributed by atoms with van der Waals surface area (Å²) in [5.74, 6) is 0.827. The van der Waals surface area contributed by atoms with Crippen LogP contribution in [0.5, 0.6) is 0 Å². The third kappa shape index (κ3) is 2.24. The van der Waals surface area contributed by atoms with E-state index in [0.717, 1.165) is 12.8 Å². The van der Waals surface area contributed by atoms with Crippen molar-refractivity contribution in [3.63, 3.8) is 0 Å². The van der Waals surface area contributed by atoms with Crippen molar-refractivity contribution >= 4 is 10.0 Å². The number of rotatable bonds is 4. The molecule has 1 heterocycles. The molecular formula is C15H23NO4S. The van der Waals surface area contributed by atoms with Crippen LogP contribution in [0, 0.1) is 16.7 Å². The van der Waals surface area contributed by atoms with Gasteiger partial charge in [0.15, 0.2) is 0 Å². The Hall–Kier alpha value is -0.850. The summed E-state index contributed by atoms with van der Waals surface area (Å²) in [6, 6.07) is 2.80. The van der Waals surface area contributed by atoms with Gasteiger partial charge in [0, 0.05) is 6.04 Å². The molecule has 1 aromatic rings. The molecule has 0 radical (unpaired) electrons. The summed E-state index contributed by atoms with van der Waals surface area (Å²) >= 11 is 0. The Morgan fingerprint density at radius 3 is 2.62 bits per heavy atom. The molecule has 2 saturated carbocycles. The second-order valence-electron chi connectivity index (χ2n) is 7.35. The summed E-state index contributed by atoms with van der Waals surface area (Å²) in [4.78, 5) is 0. The highest BCUT2D eigenvalue weighted by atomic mass is 32.2. The predicted molar refractivity (Wildman–Crippen MR) is 78.0 cm³/mol. The Balaban J connectivity index is 1.89.